The maximum Gasteiger partial charge on any atom is 0.126 e. The van der Waals surface area contributed by atoms with Crippen LogP contribution in [0.3, 0.4) is 0 Å². The van der Waals surface area contributed by atoms with Crippen molar-refractivity contribution >= 4 is 0 Å². The molecule has 0 aromatic heterocycles. The molecule has 3 aromatic rings. The van der Waals surface area contributed by atoms with E-state index in [1.165, 1.54) is 11.1 Å². The second-order valence-electron chi connectivity index (χ2n) is 5.24. The molecule has 0 bridgehead atoms. The number of ether oxygens (including phenoxy) is 1. The van der Waals surface area contributed by atoms with E-state index in [1.54, 1.807) is 19.2 Å². The van der Waals surface area contributed by atoms with Crippen molar-refractivity contribution in [2.45, 2.75) is 6.42 Å². The first kappa shape index (κ1) is 14.2. The van der Waals surface area contributed by atoms with Crippen molar-refractivity contribution in [2.24, 2.45) is 0 Å². The Morgan fingerprint density at radius 1 is 0.773 bits per heavy atom. The van der Waals surface area contributed by atoms with Crippen molar-refractivity contribution in [2.75, 3.05) is 7.11 Å². The highest BCUT2D eigenvalue weighted by atomic mass is 16.5. The van der Waals surface area contributed by atoms with Crippen LogP contribution in [-0.4, -0.2) is 12.2 Å². The van der Waals surface area contributed by atoms with Gasteiger partial charge in [0.25, 0.3) is 0 Å². The minimum absolute atomic E-state index is 0.301. The summed E-state index contributed by atoms with van der Waals surface area (Å²) in [6.45, 7) is 0. The molecule has 22 heavy (non-hydrogen) atoms. The number of para-hydroxylation sites is 1. The Morgan fingerprint density at radius 3 is 2.00 bits per heavy atom. The third kappa shape index (κ3) is 3.12. The summed E-state index contributed by atoms with van der Waals surface area (Å²) in [6, 6.07) is 23.9. The van der Waals surface area contributed by atoms with E-state index >= 15 is 0 Å². The molecule has 2 heteroatoms. The molecule has 0 aliphatic heterocycles. The van der Waals surface area contributed by atoms with Crippen LogP contribution in [0.25, 0.3) is 11.1 Å². The minimum Gasteiger partial charge on any atom is -0.508 e. The Hall–Kier alpha value is -2.74. The molecule has 110 valence electrons. The molecule has 3 rings (SSSR count). The van der Waals surface area contributed by atoms with Gasteiger partial charge in [0.1, 0.15) is 11.5 Å². The molecule has 0 fully saturated rings. The van der Waals surface area contributed by atoms with Gasteiger partial charge in [-0.05, 0) is 41.3 Å². The number of aromatic hydroxyl groups is 1. The Kier molecular flexibility index (Phi) is 4.10. The van der Waals surface area contributed by atoms with Crippen molar-refractivity contribution < 1.29 is 9.84 Å². The van der Waals surface area contributed by atoms with E-state index in [-0.39, 0.29) is 0 Å². The molecule has 0 aliphatic rings. The average Bonchev–Trinajstić information content (AvgIpc) is 2.58. The number of hydrogen-bond acceptors (Lipinski definition) is 2. The molecule has 0 unspecified atom stereocenters. The van der Waals surface area contributed by atoms with Gasteiger partial charge in [-0.3, -0.25) is 0 Å². The molecule has 1 N–H and O–H groups in total. The monoisotopic (exact) mass is 290 g/mol. The summed E-state index contributed by atoms with van der Waals surface area (Å²) in [5.41, 5.74) is 4.67. The van der Waals surface area contributed by atoms with Crippen molar-refractivity contribution in [3.8, 4) is 22.6 Å². The summed E-state index contributed by atoms with van der Waals surface area (Å²) in [6.07, 6.45) is 0.854. The number of methoxy groups -OCH3 is 1. The summed E-state index contributed by atoms with van der Waals surface area (Å²) in [5, 5.41) is 9.32. The highest BCUT2D eigenvalue weighted by Gasteiger charge is 2.05. The zero-order valence-electron chi connectivity index (χ0n) is 12.5. The first-order chi connectivity index (χ1) is 10.8. The summed E-state index contributed by atoms with van der Waals surface area (Å²) >= 11 is 0. The molecule has 2 nitrogen and oxygen atoms in total. The quantitative estimate of drug-likeness (QED) is 0.757. The molecular weight excluding hydrogens is 272 g/mol. The van der Waals surface area contributed by atoms with Crippen LogP contribution in [0.15, 0.2) is 72.8 Å². The Balaban J connectivity index is 1.82. The third-order valence-electron chi connectivity index (χ3n) is 3.72. The molecule has 0 spiro atoms. The van der Waals surface area contributed by atoms with Crippen LogP contribution in [-0.2, 0) is 6.42 Å². The molecule has 0 saturated heterocycles. The summed E-state index contributed by atoms with van der Waals surface area (Å²) in [7, 11) is 1.69. The normalized spacial score (nSPS) is 10.4. The molecule has 0 atom stereocenters. The Bertz CT molecular complexity index is 743. The maximum atomic E-state index is 9.32. The van der Waals surface area contributed by atoms with E-state index in [0.717, 1.165) is 23.3 Å². The fourth-order valence-electron chi connectivity index (χ4n) is 2.53. The van der Waals surface area contributed by atoms with Crippen LogP contribution in [0.4, 0.5) is 0 Å². The molecule has 3 aromatic carbocycles. The third-order valence-corrected chi connectivity index (χ3v) is 3.72. The van der Waals surface area contributed by atoms with Gasteiger partial charge in [-0.1, -0.05) is 54.6 Å². The fraction of sp³-hybridized carbons (Fsp3) is 0.100. The predicted octanol–water partition coefficient (Wildman–Crippen LogP) is 4.66. The zero-order chi connectivity index (χ0) is 15.4. The standard InChI is InChI=1S/C20H18O2/c1-22-20-5-3-2-4-19(20)17-10-6-15(7-11-17)14-16-8-12-18(21)13-9-16/h2-13,21H,14H2,1H3. The number of hydrogen-bond donors (Lipinski definition) is 1. The first-order valence-corrected chi connectivity index (χ1v) is 7.26. The van der Waals surface area contributed by atoms with E-state index in [1.807, 2.05) is 30.3 Å². The number of benzene rings is 3. The second kappa shape index (κ2) is 6.35. The lowest BCUT2D eigenvalue weighted by molar-refractivity contribution is 0.416. The van der Waals surface area contributed by atoms with E-state index in [2.05, 4.69) is 30.3 Å². The van der Waals surface area contributed by atoms with Crippen molar-refractivity contribution in [3.63, 3.8) is 0 Å². The van der Waals surface area contributed by atoms with Gasteiger partial charge in [-0.2, -0.15) is 0 Å². The first-order valence-electron chi connectivity index (χ1n) is 7.26. The zero-order valence-corrected chi connectivity index (χ0v) is 12.5. The molecule has 0 saturated carbocycles. The maximum absolute atomic E-state index is 9.32. The second-order valence-corrected chi connectivity index (χ2v) is 5.24. The number of phenols is 1. The van der Waals surface area contributed by atoms with Crippen LogP contribution in [0, 0.1) is 0 Å². The van der Waals surface area contributed by atoms with Crippen molar-refractivity contribution in [1.82, 2.24) is 0 Å². The van der Waals surface area contributed by atoms with Crippen LogP contribution in [0.2, 0.25) is 0 Å². The Labute approximate surface area is 130 Å². The van der Waals surface area contributed by atoms with Gasteiger partial charge < -0.3 is 9.84 Å². The van der Waals surface area contributed by atoms with Gasteiger partial charge in [0, 0.05) is 5.56 Å². The topological polar surface area (TPSA) is 29.5 Å². The van der Waals surface area contributed by atoms with E-state index < -0.39 is 0 Å². The molecule has 0 aliphatic carbocycles. The molecular formula is C20H18O2. The van der Waals surface area contributed by atoms with Crippen LogP contribution >= 0.6 is 0 Å². The Morgan fingerprint density at radius 2 is 1.36 bits per heavy atom. The molecule has 0 amide bonds. The van der Waals surface area contributed by atoms with E-state index in [0.29, 0.717) is 5.75 Å². The van der Waals surface area contributed by atoms with Crippen LogP contribution in [0.1, 0.15) is 11.1 Å². The SMILES string of the molecule is COc1ccccc1-c1ccc(Cc2ccc(O)cc2)cc1. The molecule has 0 heterocycles. The van der Waals surface area contributed by atoms with Gasteiger partial charge in [0.05, 0.1) is 7.11 Å². The largest absolute Gasteiger partial charge is 0.508 e. The number of rotatable bonds is 4. The lowest BCUT2D eigenvalue weighted by Gasteiger charge is -2.09. The fourth-order valence-corrected chi connectivity index (χ4v) is 2.53. The minimum atomic E-state index is 0.301. The van der Waals surface area contributed by atoms with Gasteiger partial charge >= 0.3 is 0 Å². The highest BCUT2D eigenvalue weighted by molar-refractivity contribution is 5.70. The lowest BCUT2D eigenvalue weighted by Crippen LogP contribution is -1.90. The van der Waals surface area contributed by atoms with Crippen molar-refractivity contribution in [1.29, 1.82) is 0 Å². The van der Waals surface area contributed by atoms with Gasteiger partial charge in [-0.25, -0.2) is 0 Å². The average molecular weight is 290 g/mol. The highest BCUT2D eigenvalue weighted by Crippen LogP contribution is 2.29. The summed E-state index contributed by atoms with van der Waals surface area (Å²) in [4.78, 5) is 0. The van der Waals surface area contributed by atoms with Crippen LogP contribution < -0.4 is 4.74 Å². The van der Waals surface area contributed by atoms with E-state index in [4.69, 9.17) is 4.74 Å². The summed E-state index contributed by atoms with van der Waals surface area (Å²) < 4.78 is 5.41. The van der Waals surface area contributed by atoms with E-state index in [9.17, 15) is 5.11 Å². The summed E-state index contributed by atoms with van der Waals surface area (Å²) in [5.74, 6) is 1.18. The van der Waals surface area contributed by atoms with Gasteiger partial charge in [0.2, 0.25) is 0 Å². The lowest BCUT2D eigenvalue weighted by atomic mass is 10.00. The predicted molar refractivity (Wildman–Crippen MR) is 89.3 cm³/mol. The van der Waals surface area contributed by atoms with Gasteiger partial charge in [-0.15, -0.1) is 0 Å². The number of phenolic OH excluding ortho intramolecular Hbond substituents is 1. The van der Waals surface area contributed by atoms with Crippen molar-refractivity contribution in [3.05, 3.63) is 83.9 Å². The smallest absolute Gasteiger partial charge is 0.126 e. The van der Waals surface area contributed by atoms with Gasteiger partial charge in [0.15, 0.2) is 0 Å². The molecule has 0 radical (unpaired) electrons. The van der Waals surface area contributed by atoms with Crippen LogP contribution in [0.5, 0.6) is 11.5 Å².